The zero-order valence-electron chi connectivity index (χ0n) is 10.1. The second-order valence-corrected chi connectivity index (χ2v) is 5.67. The smallest absolute Gasteiger partial charge is 0.0951 e. The Kier molecular flexibility index (Phi) is 3.48. The van der Waals surface area contributed by atoms with Gasteiger partial charge in [-0.2, -0.15) is 0 Å². The van der Waals surface area contributed by atoms with Gasteiger partial charge in [-0.15, -0.1) is 0 Å². The molecule has 0 unspecified atom stereocenters. The fourth-order valence-electron chi connectivity index (χ4n) is 2.13. The summed E-state index contributed by atoms with van der Waals surface area (Å²) in [4.78, 5) is 4.24. The van der Waals surface area contributed by atoms with E-state index in [4.69, 9.17) is 0 Å². The molecular formula is C14H16BrN3. The minimum Gasteiger partial charge on any atom is -0.330 e. The first-order valence-electron chi connectivity index (χ1n) is 6.29. The zero-order chi connectivity index (χ0) is 12.4. The van der Waals surface area contributed by atoms with Crippen molar-refractivity contribution in [1.82, 2.24) is 14.9 Å². The zero-order valence-corrected chi connectivity index (χ0v) is 11.7. The fourth-order valence-corrected chi connectivity index (χ4v) is 2.58. The van der Waals surface area contributed by atoms with Crippen molar-refractivity contribution in [1.29, 1.82) is 0 Å². The summed E-state index contributed by atoms with van der Waals surface area (Å²) >= 11 is 3.49. The molecule has 0 radical (unpaired) electrons. The molecule has 4 heteroatoms. The molecule has 18 heavy (non-hydrogen) atoms. The van der Waals surface area contributed by atoms with Gasteiger partial charge >= 0.3 is 0 Å². The molecule has 1 aromatic heterocycles. The maximum Gasteiger partial charge on any atom is 0.0951 e. The van der Waals surface area contributed by atoms with E-state index in [0.29, 0.717) is 6.04 Å². The van der Waals surface area contributed by atoms with Crippen LogP contribution in [0.1, 0.15) is 30.1 Å². The number of imidazole rings is 1. The van der Waals surface area contributed by atoms with E-state index in [-0.39, 0.29) is 0 Å². The molecule has 1 fully saturated rings. The molecule has 1 aliphatic rings. The maximum atomic E-state index is 4.24. The molecule has 1 aromatic carbocycles. The van der Waals surface area contributed by atoms with Gasteiger partial charge in [0.15, 0.2) is 0 Å². The van der Waals surface area contributed by atoms with Crippen molar-refractivity contribution in [2.45, 2.75) is 32.0 Å². The van der Waals surface area contributed by atoms with Gasteiger partial charge in [-0.1, -0.05) is 28.1 Å². The van der Waals surface area contributed by atoms with Crippen molar-refractivity contribution in [2.75, 3.05) is 0 Å². The van der Waals surface area contributed by atoms with Gasteiger partial charge in [0.1, 0.15) is 0 Å². The second kappa shape index (κ2) is 5.24. The van der Waals surface area contributed by atoms with Crippen LogP contribution in [0, 0.1) is 0 Å². The number of nitrogens with one attached hydrogen (secondary N) is 1. The summed E-state index contributed by atoms with van der Waals surface area (Å²) in [5.74, 6) is 0. The molecule has 2 aromatic rings. The molecule has 1 heterocycles. The molecule has 0 saturated heterocycles. The Balaban J connectivity index is 1.56. The first kappa shape index (κ1) is 11.9. The molecule has 0 amide bonds. The summed E-state index contributed by atoms with van der Waals surface area (Å²) in [5.41, 5.74) is 2.58. The third kappa shape index (κ3) is 2.82. The molecule has 0 atom stereocenters. The van der Waals surface area contributed by atoms with Gasteiger partial charge in [0.05, 0.1) is 12.0 Å². The molecule has 0 spiro atoms. The SMILES string of the molecule is Brc1cccc(CNCc2cncn2C2CC2)c1. The molecule has 1 N–H and O–H groups in total. The number of halogens is 1. The van der Waals surface area contributed by atoms with Crippen molar-refractivity contribution in [3.05, 3.63) is 52.5 Å². The third-order valence-electron chi connectivity index (χ3n) is 3.21. The fraction of sp³-hybridized carbons (Fsp3) is 0.357. The number of nitrogens with zero attached hydrogens (tertiary/aromatic N) is 2. The molecule has 1 aliphatic carbocycles. The lowest BCUT2D eigenvalue weighted by Gasteiger charge is -2.08. The number of hydrogen-bond acceptors (Lipinski definition) is 2. The van der Waals surface area contributed by atoms with E-state index in [2.05, 4.69) is 49.0 Å². The van der Waals surface area contributed by atoms with Crippen LogP contribution in [0.25, 0.3) is 0 Å². The van der Waals surface area contributed by atoms with E-state index >= 15 is 0 Å². The van der Waals surface area contributed by atoms with Crippen LogP contribution < -0.4 is 5.32 Å². The summed E-state index contributed by atoms with van der Waals surface area (Å²) < 4.78 is 3.43. The van der Waals surface area contributed by atoms with Crippen molar-refractivity contribution in [2.24, 2.45) is 0 Å². The number of benzene rings is 1. The van der Waals surface area contributed by atoms with Gasteiger partial charge in [-0.05, 0) is 30.5 Å². The summed E-state index contributed by atoms with van der Waals surface area (Å²) in [6.07, 6.45) is 6.52. The lowest BCUT2D eigenvalue weighted by atomic mass is 10.2. The average Bonchev–Trinajstić information content (AvgIpc) is 3.10. The lowest BCUT2D eigenvalue weighted by molar-refractivity contribution is 0.621. The van der Waals surface area contributed by atoms with E-state index in [0.717, 1.165) is 17.6 Å². The predicted molar refractivity (Wildman–Crippen MR) is 75.2 cm³/mol. The van der Waals surface area contributed by atoms with Gasteiger partial charge in [0, 0.05) is 29.8 Å². The van der Waals surface area contributed by atoms with Crippen LogP contribution in [0.4, 0.5) is 0 Å². The molecule has 3 nitrogen and oxygen atoms in total. The van der Waals surface area contributed by atoms with E-state index in [1.54, 1.807) is 0 Å². The number of hydrogen-bond donors (Lipinski definition) is 1. The van der Waals surface area contributed by atoms with Gasteiger partial charge in [0.25, 0.3) is 0 Å². The van der Waals surface area contributed by atoms with E-state index in [1.165, 1.54) is 24.1 Å². The van der Waals surface area contributed by atoms with E-state index in [1.807, 2.05) is 18.6 Å². The van der Waals surface area contributed by atoms with Gasteiger partial charge < -0.3 is 9.88 Å². The Morgan fingerprint density at radius 1 is 1.33 bits per heavy atom. The van der Waals surface area contributed by atoms with Gasteiger partial charge in [-0.25, -0.2) is 4.98 Å². The molecule has 3 rings (SSSR count). The summed E-state index contributed by atoms with van der Waals surface area (Å²) in [6.45, 7) is 1.76. The van der Waals surface area contributed by atoms with Crippen LogP contribution in [-0.2, 0) is 13.1 Å². The molecule has 0 bridgehead atoms. The average molecular weight is 306 g/mol. The Hall–Kier alpha value is -1.13. The minimum absolute atomic E-state index is 0.704. The minimum atomic E-state index is 0.704. The van der Waals surface area contributed by atoms with Crippen molar-refractivity contribution in [3.8, 4) is 0 Å². The van der Waals surface area contributed by atoms with Crippen molar-refractivity contribution in [3.63, 3.8) is 0 Å². The van der Waals surface area contributed by atoms with Crippen LogP contribution in [-0.4, -0.2) is 9.55 Å². The highest BCUT2D eigenvalue weighted by molar-refractivity contribution is 9.10. The van der Waals surface area contributed by atoms with Crippen LogP contribution in [0.2, 0.25) is 0 Å². The third-order valence-corrected chi connectivity index (χ3v) is 3.70. The Bertz CT molecular complexity index is 531. The number of aromatic nitrogens is 2. The van der Waals surface area contributed by atoms with E-state index in [9.17, 15) is 0 Å². The van der Waals surface area contributed by atoms with Crippen LogP contribution in [0.15, 0.2) is 41.3 Å². The highest BCUT2D eigenvalue weighted by Gasteiger charge is 2.24. The predicted octanol–water partition coefficient (Wildman–Crippen LogP) is 3.27. The molecule has 0 aliphatic heterocycles. The molecule has 1 saturated carbocycles. The van der Waals surface area contributed by atoms with Gasteiger partial charge in [0.2, 0.25) is 0 Å². The Morgan fingerprint density at radius 3 is 3.00 bits per heavy atom. The highest BCUT2D eigenvalue weighted by Crippen LogP contribution is 2.35. The standard InChI is InChI=1S/C14H16BrN3/c15-12-3-1-2-11(6-12)7-16-8-14-9-17-10-18(14)13-4-5-13/h1-3,6,9-10,13,16H,4-5,7-8H2. The van der Waals surface area contributed by atoms with Crippen molar-refractivity contribution >= 4 is 15.9 Å². The Labute approximate surface area is 115 Å². The summed E-state index contributed by atoms with van der Waals surface area (Å²) in [5, 5.41) is 3.47. The van der Waals surface area contributed by atoms with Crippen LogP contribution in [0.3, 0.4) is 0 Å². The maximum absolute atomic E-state index is 4.24. The van der Waals surface area contributed by atoms with Gasteiger partial charge in [-0.3, -0.25) is 0 Å². The quantitative estimate of drug-likeness (QED) is 0.919. The summed E-state index contributed by atoms with van der Waals surface area (Å²) in [7, 11) is 0. The number of rotatable bonds is 5. The second-order valence-electron chi connectivity index (χ2n) is 4.76. The normalized spacial score (nSPS) is 14.9. The molecular weight excluding hydrogens is 290 g/mol. The lowest BCUT2D eigenvalue weighted by Crippen LogP contribution is -2.15. The first-order chi connectivity index (χ1) is 8.83. The van der Waals surface area contributed by atoms with Crippen molar-refractivity contribution < 1.29 is 0 Å². The van der Waals surface area contributed by atoms with E-state index < -0.39 is 0 Å². The monoisotopic (exact) mass is 305 g/mol. The topological polar surface area (TPSA) is 29.9 Å². The first-order valence-corrected chi connectivity index (χ1v) is 7.08. The van der Waals surface area contributed by atoms with Crippen LogP contribution in [0.5, 0.6) is 0 Å². The van der Waals surface area contributed by atoms with Crippen LogP contribution >= 0.6 is 15.9 Å². The highest BCUT2D eigenvalue weighted by atomic mass is 79.9. The largest absolute Gasteiger partial charge is 0.330 e. The summed E-state index contributed by atoms with van der Waals surface area (Å²) in [6, 6.07) is 9.10. The molecule has 94 valence electrons. The Morgan fingerprint density at radius 2 is 2.22 bits per heavy atom.